The van der Waals surface area contributed by atoms with E-state index in [2.05, 4.69) is 43.4 Å². The Morgan fingerprint density at radius 2 is 1.65 bits per heavy atom. The SMILES string of the molecule is CCC(NCC(C)c1ccccc1)c1ccccc1O. The monoisotopic (exact) mass is 269 g/mol. The van der Waals surface area contributed by atoms with Gasteiger partial charge in [0.25, 0.3) is 0 Å². The largest absolute Gasteiger partial charge is 0.508 e. The van der Waals surface area contributed by atoms with Crippen molar-refractivity contribution in [3.63, 3.8) is 0 Å². The van der Waals surface area contributed by atoms with E-state index >= 15 is 0 Å². The van der Waals surface area contributed by atoms with Crippen LogP contribution in [0.2, 0.25) is 0 Å². The van der Waals surface area contributed by atoms with Crippen molar-refractivity contribution < 1.29 is 5.11 Å². The van der Waals surface area contributed by atoms with Crippen LogP contribution in [-0.2, 0) is 0 Å². The molecule has 106 valence electrons. The first-order valence-corrected chi connectivity index (χ1v) is 7.28. The van der Waals surface area contributed by atoms with Crippen LogP contribution in [0.1, 0.15) is 43.4 Å². The van der Waals surface area contributed by atoms with E-state index in [1.807, 2.05) is 24.3 Å². The van der Waals surface area contributed by atoms with Crippen molar-refractivity contribution >= 4 is 0 Å². The normalized spacial score (nSPS) is 13.9. The second-order valence-corrected chi connectivity index (χ2v) is 5.24. The molecule has 0 saturated heterocycles. The fourth-order valence-corrected chi connectivity index (χ4v) is 2.47. The van der Waals surface area contributed by atoms with Crippen LogP contribution in [-0.4, -0.2) is 11.7 Å². The second-order valence-electron chi connectivity index (χ2n) is 5.24. The number of hydrogen-bond acceptors (Lipinski definition) is 2. The fourth-order valence-electron chi connectivity index (χ4n) is 2.47. The zero-order chi connectivity index (χ0) is 14.4. The van der Waals surface area contributed by atoms with Gasteiger partial charge in [-0.2, -0.15) is 0 Å². The Morgan fingerprint density at radius 1 is 1.00 bits per heavy atom. The highest BCUT2D eigenvalue weighted by Gasteiger charge is 2.14. The molecule has 20 heavy (non-hydrogen) atoms. The van der Waals surface area contributed by atoms with Crippen LogP contribution in [0.25, 0.3) is 0 Å². The molecule has 2 atom stereocenters. The van der Waals surface area contributed by atoms with Gasteiger partial charge in [-0.1, -0.05) is 62.4 Å². The Hall–Kier alpha value is -1.80. The van der Waals surface area contributed by atoms with E-state index in [4.69, 9.17) is 0 Å². The standard InChI is InChI=1S/C18H23NO/c1-3-17(16-11-7-8-12-18(16)20)19-13-14(2)15-9-5-4-6-10-15/h4-12,14,17,19-20H,3,13H2,1-2H3. The summed E-state index contributed by atoms with van der Waals surface area (Å²) >= 11 is 0. The Balaban J connectivity index is 2.00. The third-order valence-electron chi connectivity index (χ3n) is 3.76. The van der Waals surface area contributed by atoms with Gasteiger partial charge >= 0.3 is 0 Å². The van der Waals surface area contributed by atoms with Crippen molar-refractivity contribution in [2.24, 2.45) is 0 Å². The van der Waals surface area contributed by atoms with Crippen molar-refractivity contribution in [3.8, 4) is 5.75 Å². The molecule has 2 heteroatoms. The molecular weight excluding hydrogens is 246 g/mol. The predicted octanol–water partition coefficient (Wildman–Crippen LogP) is 4.24. The van der Waals surface area contributed by atoms with Gasteiger partial charge < -0.3 is 10.4 Å². The summed E-state index contributed by atoms with van der Waals surface area (Å²) in [5.41, 5.74) is 2.32. The molecule has 0 aliphatic heterocycles. The van der Waals surface area contributed by atoms with Gasteiger partial charge in [0.05, 0.1) is 0 Å². The van der Waals surface area contributed by atoms with Gasteiger partial charge in [0.15, 0.2) is 0 Å². The Labute approximate surface area is 121 Å². The van der Waals surface area contributed by atoms with Crippen molar-refractivity contribution in [2.75, 3.05) is 6.54 Å². The van der Waals surface area contributed by atoms with Crippen LogP contribution in [0.4, 0.5) is 0 Å². The van der Waals surface area contributed by atoms with Crippen LogP contribution in [0, 0.1) is 0 Å². The molecule has 2 nitrogen and oxygen atoms in total. The fraction of sp³-hybridized carbons (Fsp3) is 0.333. The number of hydrogen-bond donors (Lipinski definition) is 2. The Morgan fingerprint density at radius 3 is 2.30 bits per heavy atom. The van der Waals surface area contributed by atoms with E-state index in [1.165, 1.54) is 5.56 Å². The summed E-state index contributed by atoms with van der Waals surface area (Å²) in [5, 5.41) is 13.5. The summed E-state index contributed by atoms with van der Waals surface area (Å²) in [4.78, 5) is 0. The molecule has 2 aromatic rings. The van der Waals surface area contributed by atoms with Gasteiger partial charge in [-0.15, -0.1) is 0 Å². The molecule has 0 heterocycles. The van der Waals surface area contributed by atoms with Crippen molar-refractivity contribution in [3.05, 3.63) is 65.7 Å². The van der Waals surface area contributed by atoms with Crippen molar-refractivity contribution in [2.45, 2.75) is 32.2 Å². The maximum atomic E-state index is 9.95. The minimum Gasteiger partial charge on any atom is -0.508 e. The molecule has 2 unspecified atom stereocenters. The maximum Gasteiger partial charge on any atom is 0.120 e. The quantitative estimate of drug-likeness (QED) is 0.822. The Bertz CT molecular complexity index is 524. The first-order chi connectivity index (χ1) is 9.72. The minimum absolute atomic E-state index is 0.197. The van der Waals surface area contributed by atoms with Crippen LogP contribution in [0.3, 0.4) is 0 Å². The Kier molecular flexibility index (Phi) is 5.19. The summed E-state index contributed by atoms with van der Waals surface area (Å²) in [5.74, 6) is 0.829. The summed E-state index contributed by atoms with van der Waals surface area (Å²) < 4.78 is 0. The van der Waals surface area contributed by atoms with Gasteiger partial charge in [0.1, 0.15) is 5.75 Å². The number of nitrogens with one attached hydrogen (secondary N) is 1. The molecule has 0 spiro atoms. The lowest BCUT2D eigenvalue weighted by Gasteiger charge is -2.21. The van der Waals surface area contributed by atoms with Gasteiger partial charge in [0, 0.05) is 18.2 Å². The first kappa shape index (κ1) is 14.6. The summed E-state index contributed by atoms with van der Waals surface area (Å²) in [6.45, 7) is 5.26. The van der Waals surface area contributed by atoms with Crippen LogP contribution < -0.4 is 5.32 Å². The molecule has 0 fully saturated rings. The number of phenols is 1. The van der Waals surface area contributed by atoms with Crippen LogP contribution in [0.5, 0.6) is 5.75 Å². The lowest BCUT2D eigenvalue weighted by molar-refractivity contribution is 0.436. The average molecular weight is 269 g/mol. The zero-order valence-corrected chi connectivity index (χ0v) is 12.2. The molecule has 0 saturated carbocycles. The molecular formula is C18H23NO. The molecule has 0 bridgehead atoms. The van der Waals surface area contributed by atoms with E-state index in [0.717, 1.165) is 18.5 Å². The molecule has 0 radical (unpaired) electrons. The van der Waals surface area contributed by atoms with Gasteiger partial charge in [-0.05, 0) is 24.0 Å². The molecule has 0 aliphatic rings. The highest BCUT2D eigenvalue weighted by molar-refractivity contribution is 5.34. The van der Waals surface area contributed by atoms with Crippen LogP contribution in [0.15, 0.2) is 54.6 Å². The maximum absolute atomic E-state index is 9.95. The molecule has 2 aromatic carbocycles. The average Bonchev–Trinajstić information content (AvgIpc) is 2.50. The van der Waals surface area contributed by atoms with Crippen molar-refractivity contribution in [1.82, 2.24) is 5.32 Å². The first-order valence-electron chi connectivity index (χ1n) is 7.28. The molecule has 0 aliphatic carbocycles. The number of benzene rings is 2. The number of aromatic hydroxyl groups is 1. The molecule has 0 aromatic heterocycles. The summed E-state index contributed by atoms with van der Waals surface area (Å²) in [7, 11) is 0. The van der Waals surface area contributed by atoms with Gasteiger partial charge in [0.2, 0.25) is 0 Å². The zero-order valence-electron chi connectivity index (χ0n) is 12.2. The number of rotatable bonds is 6. The van der Waals surface area contributed by atoms with Gasteiger partial charge in [-0.3, -0.25) is 0 Å². The van der Waals surface area contributed by atoms with E-state index in [0.29, 0.717) is 11.7 Å². The smallest absolute Gasteiger partial charge is 0.120 e. The van der Waals surface area contributed by atoms with Crippen LogP contribution >= 0.6 is 0 Å². The van der Waals surface area contributed by atoms with E-state index in [-0.39, 0.29) is 6.04 Å². The lowest BCUT2D eigenvalue weighted by Crippen LogP contribution is -2.25. The summed E-state index contributed by atoms with van der Waals surface area (Å²) in [6, 6.07) is 18.3. The van der Waals surface area contributed by atoms with Crippen molar-refractivity contribution in [1.29, 1.82) is 0 Å². The van der Waals surface area contributed by atoms with Gasteiger partial charge in [-0.25, -0.2) is 0 Å². The molecule has 2 rings (SSSR count). The third kappa shape index (κ3) is 3.61. The number of phenolic OH excluding ortho intramolecular Hbond substituents is 1. The lowest BCUT2D eigenvalue weighted by atomic mass is 9.99. The highest BCUT2D eigenvalue weighted by Crippen LogP contribution is 2.26. The third-order valence-corrected chi connectivity index (χ3v) is 3.76. The molecule has 0 amide bonds. The predicted molar refractivity (Wildman–Crippen MR) is 84.0 cm³/mol. The number of para-hydroxylation sites is 1. The minimum atomic E-state index is 0.197. The molecule has 2 N–H and O–H groups in total. The van der Waals surface area contributed by atoms with E-state index in [9.17, 15) is 5.11 Å². The van der Waals surface area contributed by atoms with E-state index in [1.54, 1.807) is 6.07 Å². The summed E-state index contributed by atoms with van der Waals surface area (Å²) in [6.07, 6.45) is 0.957. The second kappa shape index (κ2) is 7.11. The van der Waals surface area contributed by atoms with E-state index < -0.39 is 0 Å². The highest BCUT2D eigenvalue weighted by atomic mass is 16.3. The topological polar surface area (TPSA) is 32.3 Å².